The van der Waals surface area contributed by atoms with Crippen molar-refractivity contribution in [2.24, 2.45) is 5.92 Å². The topological polar surface area (TPSA) is 58.6 Å². The van der Waals surface area contributed by atoms with Crippen LogP contribution in [0.1, 0.15) is 51.9 Å². The molecule has 1 aliphatic carbocycles. The number of hydrogen-bond acceptors (Lipinski definition) is 3. The van der Waals surface area contributed by atoms with E-state index < -0.39 is 5.54 Å². The number of ether oxygens (including phenoxy) is 1. The van der Waals surface area contributed by atoms with Gasteiger partial charge in [0.2, 0.25) is 11.8 Å². The maximum Gasteiger partial charge on any atom is 0.248 e. The van der Waals surface area contributed by atoms with E-state index in [1.165, 1.54) is 6.42 Å². The van der Waals surface area contributed by atoms with Gasteiger partial charge in [-0.15, -0.1) is 0 Å². The van der Waals surface area contributed by atoms with Crippen molar-refractivity contribution in [3.8, 4) is 0 Å². The third kappa shape index (κ3) is 2.93. The van der Waals surface area contributed by atoms with Gasteiger partial charge in [-0.3, -0.25) is 9.59 Å². The second-order valence-corrected chi connectivity index (χ2v) is 6.82. The second kappa shape index (κ2) is 5.95. The lowest BCUT2D eigenvalue weighted by molar-refractivity contribution is -0.141. The van der Waals surface area contributed by atoms with E-state index in [0.717, 1.165) is 45.3 Å². The molecule has 5 nitrogen and oxygen atoms in total. The Hall–Kier alpha value is -1.10. The van der Waals surface area contributed by atoms with E-state index in [2.05, 4.69) is 12.2 Å². The summed E-state index contributed by atoms with van der Waals surface area (Å²) < 4.78 is 5.61. The molecule has 3 fully saturated rings. The van der Waals surface area contributed by atoms with Crippen molar-refractivity contribution in [2.75, 3.05) is 19.7 Å². The van der Waals surface area contributed by atoms with Gasteiger partial charge in [-0.25, -0.2) is 0 Å². The normalized spacial score (nSPS) is 33.1. The Morgan fingerprint density at radius 1 is 1.29 bits per heavy atom. The van der Waals surface area contributed by atoms with Gasteiger partial charge in [0.15, 0.2) is 0 Å². The number of hydrogen-bond donors (Lipinski definition) is 1. The third-order valence-electron chi connectivity index (χ3n) is 5.38. The summed E-state index contributed by atoms with van der Waals surface area (Å²) in [5.41, 5.74) is -0.617. The van der Waals surface area contributed by atoms with Gasteiger partial charge in [0.25, 0.3) is 0 Å². The van der Waals surface area contributed by atoms with E-state index in [1.807, 2.05) is 4.90 Å². The number of nitrogens with zero attached hydrogens (tertiary/aromatic N) is 1. The van der Waals surface area contributed by atoms with Gasteiger partial charge in [-0.1, -0.05) is 19.3 Å². The van der Waals surface area contributed by atoms with E-state index in [1.54, 1.807) is 0 Å². The molecule has 2 aliphatic heterocycles. The summed E-state index contributed by atoms with van der Waals surface area (Å²) in [6.07, 6.45) is 6.47. The molecule has 1 spiro atoms. The summed E-state index contributed by atoms with van der Waals surface area (Å²) in [6, 6.07) is 0. The van der Waals surface area contributed by atoms with E-state index in [-0.39, 0.29) is 17.9 Å². The first-order valence-electron chi connectivity index (χ1n) is 8.33. The molecule has 2 atom stereocenters. The number of amides is 2. The van der Waals surface area contributed by atoms with Crippen molar-refractivity contribution in [3.05, 3.63) is 0 Å². The molecule has 0 aromatic heterocycles. The summed E-state index contributed by atoms with van der Waals surface area (Å²) >= 11 is 0. The summed E-state index contributed by atoms with van der Waals surface area (Å²) in [7, 11) is 0. The van der Waals surface area contributed by atoms with Crippen molar-refractivity contribution in [3.63, 3.8) is 0 Å². The van der Waals surface area contributed by atoms with Crippen molar-refractivity contribution in [2.45, 2.75) is 63.5 Å². The van der Waals surface area contributed by atoms with Gasteiger partial charge in [-0.2, -0.15) is 0 Å². The fourth-order valence-electron chi connectivity index (χ4n) is 3.99. The van der Waals surface area contributed by atoms with Crippen LogP contribution >= 0.6 is 0 Å². The molecule has 1 saturated carbocycles. The molecule has 2 amide bonds. The zero-order chi connectivity index (χ0) is 14.9. The molecule has 2 heterocycles. The summed E-state index contributed by atoms with van der Waals surface area (Å²) in [4.78, 5) is 27.0. The quantitative estimate of drug-likeness (QED) is 0.839. The first-order chi connectivity index (χ1) is 10.1. The Labute approximate surface area is 126 Å². The van der Waals surface area contributed by atoms with Crippen LogP contribution in [0.15, 0.2) is 0 Å². The molecule has 2 saturated heterocycles. The van der Waals surface area contributed by atoms with Crippen LogP contribution in [-0.4, -0.2) is 48.1 Å². The Morgan fingerprint density at radius 3 is 2.71 bits per heavy atom. The van der Waals surface area contributed by atoms with Gasteiger partial charge in [-0.05, 0) is 26.2 Å². The molecule has 118 valence electrons. The summed E-state index contributed by atoms with van der Waals surface area (Å²) in [5.74, 6) is 0.582. The van der Waals surface area contributed by atoms with Crippen molar-refractivity contribution in [1.29, 1.82) is 0 Å². The molecule has 5 heteroatoms. The van der Waals surface area contributed by atoms with Gasteiger partial charge in [0.05, 0.1) is 6.10 Å². The number of rotatable bonds is 2. The lowest BCUT2D eigenvalue weighted by atomic mass is 9.80. The zero-order valence-corrected chi connectivity index (χ0v) is 12.9. The first kappa shape index (κ1) is 14.8. The predicted molar refractivity (Wildman–Crippen MR) is 78.7 cm³/mol. The fourth-order valence-corrected chi connectivity index (χ4v) is 3.99. The van der Waals surface area contributed by atoms with Gasteiger partial charge in [0.1, 0.15) is 5.54 Å². The minimum Gasteiger partial charge on any atom is -0.378 e. The van der Waals surface area contributed by atoms with E-state index in [9.17, 15) is 9.59 Å². The van der Waals surface area contributed by atoms with Crippen LogP contribution < -0.4 is 5.32 Å². The summed E-state index contributed by atoms with van der Waals surface area (Å²) in [6.45, 7) is 4.16. The lowest BCUT2D eigenvalue weighted by Crippen LogP contribution is -2.58. The molecule has 21 heavy (non-hydrogen) atoms. The minimum absolute atomic E-state index is 0.0310. The highest BCUT2D eigenvalue weighted by molar-refractivity contribution is 5.93. The van der Waals surface area contributed by atoms with Crippen LogP contribution in [0.4, 0.5) is 0 Å². The fraction of sp³-hybridized carbons (Fsp3) is 0.875. The molecular weight excluding hydrogens is 268 g/mol. The smallest absolute Gasteiger partial charge is 0.248 e. The molecular formula is C16H26N2O3. The maximum atomic E-state index is 13.0. The minimum atomic E-state index is -0.617. The largest absolute Gasteiger partial charge is 0.378 e. The molecule has 1 N–H and O–H groups in total. The monoisotopic (exact) mass is 294 g/mol. The van der Waals surface area contributed by atoms with Crippen LogP contribution in [0.2, 0.25) is 0 Å². The molecule has 3 rings (SSSR count). The molecule has 0 bridgehead atoms. The maximum absolute atomic E-state index is 13.0. The molecule has 0 aromatic rings. The van der Waals surface area contributed by atoms with E-state index in [0.29, 0.717) is 18.9 Å². The number of carbonyl (C=O) groups excluding carboxylic acids is 2. The zero-order valence-electron chi connectivity index (χ0n) is 12.9. The van der Waals surface area contributed by atoms with Gasteiger partial charge >= 0.3 is 0 Å². The van der Waals surface area contributed by atoms with Crippen LogP contribution in [0.25, 0.3) is 0 Å². The highest BCUT2D eigenvalue weighted by atomic mass is 16.5. The molecule has 0 aromatic carbocycles. The van der Waals surface area contributed by atoms with Crippen LogP contribution in [0.5, 0.6) is 0 Å². The highest BCUT2D eigenvalue weighted by Crippen LogP contribution is 2.32. The van der Waals surface area contributed by atoms with Crippen molar-refractivity contribution < 1.29 is 14.3 Å². The highest BCUT2D eigenvalue weighted by Gasteiger charge is 2.45. The molecule has 0 radical (unpaired) electrons. The first-order valence-corrected chi connectivity index (χ1v) is 8.33. The Morgan fingerprint density at radius 2 is 2.05 bits per heavy atom. The predicted octanol–water partition coefficient (Wildman–Crippen LogP) is 1.46. The Bertz CT molecular complexity index is 418. The number of carbonyl (C=O) groups is 2. The van der Waals surface area contributed by atoms with Crippen LogP contribution in [-0.2, 0) is 14.3 Å². The summed E-state index contributed by atoms with van der Waals surface area (Å²) in [5, 5.41) is 3.05. The van der Waals surface area contributed by atoms with Crippen molar-refractivity contribution >= 4 is 11.8 Å². The average Bonchev–Trinajstić information content (AvgIpc) is 2.84. The third-order valence-corrected chi connectivity index (χ3v) is 5.38. The number of nitrogens with one attached hydrogen (secondary N) is 1. The molecule has 3 aliphatic rings. The average molecular weight is 294 g/mol. The van der Waals surface area contributed by atoms with Gasteiger partial charge < -0.3 is 15.0 Å². The second-order valence-electron chi connectivity index (χ2n) is 6.82. The Kier molecular flexibility index (Phi) is 4.20. The van der Waals surface area contributed by atoms with Gasteiger partial charge in [0, 0.05) is 32.0 Å². The van der Waals surface area contributed by atoms with Crippen LogP contribution in [0, 0.1) is 5.92 Å². The Balaban J connectivity index is 1.76. The van der Waals surface area contributed by atoms with Crippen LogP contribution in [0.3, 0.4) is 0 Å². The standard InChI is InChI=1S/C16H26N2O3/c1-12-13(6-10-21-12)11-18-9-5-14(19)17-16(15(18)20)7-3-2-4-8-16/h12-13H,2-11H2,1H3,(H,17,19). The lowest BCUT2D eigenvalue weighted by Gasteiger charge is -2.38. The van der Waals surface area contributed by atoms with E-state index in [4.69, 9.17) is 4.74 Å². The SMILES string of the molecule is CC1OCCC1CN1CCC(=O)NC2(CCCCC2)C1=O. The molecule has 2 unspecified atom stereocenters. The van der Waals surface area contributed by atoms with E-state index >= 15 is 0 Å². The van der Waals surface area contributed by atoms with Crippen molar-refractivity contribution in [1.82, 2.24) is 10.2 Å².